The third kappa shape index (κ3) is 7.33. The standard InChI is InChI=1S/C40H49N3O5/c1-46-35-24-30(25-36(47-2)39(35)48-3)38(40(45)42-31-14-8-5-9-15-31)43(32-21-18-28(19-22-32)27-12-6-4-7-13-27)37(44)23-20-29-26-41-34-17-11-10-16-33(29)34/h10-11,16-19,21-22,24-27,31,38,41H,4-9,12-15,20,23H2,1-3H3,(H,42,45). The number of fused-ring (bicyclic) bond motifs is 1. The van der Waals surface area contributed by atoms with Crippen LogP contribution in [-0.4, -0.2) is 44.2 Å². The Morgan fingerprint density at radius 1 is 0.833 bits per heavy atom. The Hall–Kier alpha value is -4.46. The fourth-order valence-electron chi connectivity index (χ4n) is 7.68. The second-order valence-corrected chi connectivity index (χ2v) is 13.3. The molecule has 8 nitrogen and oxygen atoms in total. The quantitative estimate of drug-likeness (QED) is 0.161. The van der Waals surface area contributed by atoms with Crippen molar-refractivity contribution in [1.29, 1.82) is 0 Å². The number of ether oxygens (including phenoxy) is 3. The number of benzene rings is 3. The Kier molecular flexibility index (Phi) is 10.9. The van der Waals surface area contributed by atoms with E-state index >= 15 is 0 Å². The zero-order valence-corrected chi connectivity index (χ0v) is 28.6. The van der Waals surface area contributed by atoms with Crippen molar-refractivity contribution in [3.63, 3.8) is 0 Å². The van der Waals surface area contributed by atoms with Crippen LogP contribution in [0.5, 0.6) is 17.2 Å². The number of methoxy groups -OCH3 is 3. The first-order chi connectivity index (χ1) is 23.5. The number of amides is 2. The molecule has 1 unspecified atom stereocenters. The molecule has 2 aliphatic carbocycles. The number of para-hydroxylation sites is 1. The van der Waals surface area contributed by atoms with Gasteiger partial charge in [0.2, 0.25) is 17.6 Å². The Bertz CT molecular complexity index is 1660. The van der Waals surface area contributed by atoms with Crippen LogP contribution in [0.1, 0.15) is 99.3 Å². The highest BCUT2D eigenvalue weighted by Gasteiger charge is 2.35. The number of aryl methyl sites for hydroxylation is 1. The van der Waals surface area contributed by atoms with Crippen molar-refractivity contribution in [2.75, 3.05) is 26.2 Å². The van der Waals surface area contributed by atoms with Crippen molar-refractivity contribution in [3.8, 4) is 17.2 Å². The van der Waals surface area contributed by atoms with E-state index in [0.29, 0.717) is 40.8 Å². The molecule has 1 heterocycles. The van der Waals surface area contributed by atoms with Crippen LogP contribution in [0.15, 0.2) is 66.9 Å². The number of carbonyl (C=O) groups excluding carboxylic acids is 2. The summed E-state index contributed by atoms with van der Waals surface area (Å²) in [5.74, 6) is 1.47. The third-order valence-electron chi connectivity index (χ3n) is 10.3. The zero-order valence-electron chi connectivity index (χ0n) is 28.6. The summed E-state index contributed by atoms with van der Waals surface area (Å²) in [5, 5.41) is 4.43. The van der Waals surface area contributed by atoms with Crippen LogP contribution in [0.4, 0.5) is 5.69 Å². The number of hydrogen-bond donors (Lipinski definition) is 2. The van der Waals surface area contributed by atoms with E-state index in [4.69, 9.17) is 14.2 Å². The normalized spacial score (nSPS) is 16.3. The predicted octanol–water partition coefficient (Wildman–Crippen LogP) is 8.40. The average molecular weight is 652 g/mol. The van der Waals surface area contributed by atoms with E-state index < -0.39 is 6.04 Å². The molecule has 2 aliphatic rings. The lowest BCUT2D eigenvalue weighted by atomic mass is 9.84. The highest BCUT2D eigenvalue weighted by atomic mass is 16.5. The first-order valence-corrected chi connectivity index (χ1v) is 17.6. The molecule has 6 rings (SSSR count). The van der Waals surface area contributed by atoms with Crippen molar-refractivity contribution in [2.24, 2.45) is 0 Å². The summed E-state index contributed by atoms with van der Waals surface area (Å²) in [7, 11) is 4.68. The maximum absolute atomic E-state index is 14.7. The van der Waals surface area contributed by atoms with E-state index in [-0.39, 0.29) is 24.3 Å². The lowest BCUT2D eigenvalue weighted by molar-refractivity contribution is -0.127. The first-order valence-electron chi connectivity index (χ1n) is 17.6. The molecule has 2 N–H and O–H groups in total. The third-order valence-corrected chi connectivity index (χ3v) is 10.3. The summed E-state index contributed by atoms with van der Waals surface area (Å²) in [6.07, 6.45) is 14.1. The van der Waals surface area contributed by atoms with Crippen LogP contribution >= 0.6 is 0 Å². The molecule has 2 saturated carbocycles. The van der Waals surface area contributed by atoms with E-state index in [1.807, 2.05) is 36.5 Å². The second kappa shape index (κ2) is 15.6. The molecule has 4 aromatic rings. The van der Waals surface area contributed by atoms with Crippen LogP contribution in [0.2, 0.25) is 0 Å². The monoisotopic (exact) mass is 651 g/mol. The number of aromatic amines is 1. The number of hydrogen-bond acceptors (Lipinski definition) is 5. The van der Waals surface area contributed by atoms with Gasteiger partial charge in [-0.2, -0.15) is 0 Å². The average Bonchev–Trinajstić information content (AvgIpc) is 3.56. The molecule has 2 fully saturated rings. The topological polar surface area (TPSA) is 92.9 Å². The lowest BCUT2D eigenvalue weighted by Crippen LogP contribution is -2.47. The summed E-state index contributed by atoms with van der Waals surface area (Å²) >= 11 is 0. The molecule has 0 saturated heterocycles. The summed E-state index contributed by atoms with van der Waals surface area (Å²) in [4.78, 5) is 34.3. The van der Waals surface area contributed by atoms with Gasteiger partial charge in [0.1, 0.15) is 6.04 Å². The molecule has 254 valence electrons. The summed E-state index contributed by atoms with van der Waals surface area (Å²) < 4.78 is 17.1. The molecule has 0 radical (unpaired) electrons. The predicted molar refractivity (Wildman–Crippen MR) is 190 cm³/mol. The molecule has 0 bridgehead atoms. The van der Waals surface area contributed by atoms with Crippen LogP contribution < -0.4 is 24.4 Å². The molecule has 2 amide bonds. The number of aromatic nitrogens is 1. The van der Waals surface area contributed by atoms with Crippen LogP contribution in [0.25, 0.3) is 10.9 Å². The smallest absolute Gasteiger partial charge is 0.248 e. The van der Waals surface area contributed by atoms with E-state index in [9.17, 15) is 9.59 Å². The second-order valence-electron chi connectivity index (χ2n) is 13.3. The van der Waals surface area contributed by atoms with E-state index in [1.165, 1.54) is 44.1 Å². The molecule has 0 spiro atoms. The zero-order chi connectivity index (χ0) is 33.5. The van der Waals surface area contributed by atoms with Crippen molar-refractivity contribution >= 4 is 28.4 Å². The van der Waals surface area contributed by atoms with Crippen LogP contribution in [0, 0.1) is 0 Å². The van der Waals surface area contributed by atoms with Crippen molar-refractivity contribution in [3.05, 3.63) is 83.6 Å². The van der Waals surface area contributed by atoms with Gasteiger partial charge in [-0.25, -0.2) is 0 Å². The van der Waals surface area contributed by atoms with Gasteiger partial charge in [0.05, 0.1) is 21.3 Å². The van der Waals surface area contributed by atoms with Gasteiger partial charge in [0, 0.05) is 35.2 Å². The number of H-pyrrole nitrogens is 1. The maximum Gasteiger partial charge on any atom is 0.248 e. The van der Waals surface area contributed by atoms with Gasteiger partial charge in [-0.05, 0) is 85.0 Å². The fourth-order valence-corrected chi connectivity index (χ4v) is 7.68. The molecule has 0 aliphatic heterocycles. The largest absolute Gasteiger partial charge is 0.493 e. The number of rotatable bonds is 12. The minimum absolute atomic E-state index is 0.0626. The Labute approximate surface area is 284 Å². The molecule has 1 atom stereocenters. The van der Waals surface area contributed by atoms with Crippen molar-refractivity contribution < 1.29 is 23.8 Å². The maximum atomic E-state index is 14.7. The summed E-state index contributed by atoms with van der Waals surface area (Å²) in [6, 6.07) is 19.2. The van der Waals surface area contributed by atoms with Gasteiger partial charge in [-0.15, -0.1) is 0 Å². The Morgan fingerprint density at radius 2 is 1.48 bits per heavy atom. The number of anilines is 1. The van der Waals surface area contributed by atoms with E-state index in [0.717, 1.165) is 42.1 Å². The minimum Gasteiger partial charge on any atom is -0.493 e. The first kappa shape index (κ1) is 33.4. The molecular weight excluding hydrogens is 602 g/mol. The van der Waals surface area contributed by atoms with Crippen LogP contribution in [0.3, 0.4) is 0 Å². The molecule has 1 aromatic heterocycles. The number of nitrogens with one attached hydrogen (secondary N) is 2. The summed E-state index contributed by atoms with van der Waals surface area (Å²) in [6.45, 7) is 0. The molecular formula is C40H49N3O5. The van der Waals surface area contributed by atoms with Crippen molar-refractivity contribution in [2.45, 2.75) is 95.1 Å². The SMILES string of the molecule is COc1cc(C(C(=O)NC2CCCCC2)N(C(=O)CCc2c[nH]c3ccccc23)c2ccc(C3CCCCC3)cc2)cc(OC)c1OC. The van der Waals surface area contributed by atoms with E-state index in [1.54, 1.807) is 38.4 Å². The van der Waals surface area contributed by atoms with Crippen molar-refractivity contribution in [1.82, 2.24) is 10.3 Å². The molecule has 8 heteroatoms. The Morgan fingerprint density at radius 3 is 2.12 bits per heavy atom. The fraction of sp³-hybridized carbons (Fsp3) is 0.450. The molecule has 48 heavy (non-hydrogen) atoms. The van der Waals surface area contributed by atoms with Gasteiger partial charge in [0.25, 0.3) is 0 Å². The van der Waals surface area contributed by atoms with Gasteiger partial charge in [-0.1, -0.05) is 68.9 Å². The lowest BCUT2D eigenvalue weighted by Gasteiger charge is -2.34. The highest BCUT2D eigenvalue weighted by molar-refractivity contribution is 6.02. The number of nitrogens with zero attached hydrogens (tertiary/aromatic N) is 1. The van der Waals surface area contributed by atoms with E-state index in [2.05, 4.69) is 28.5 Å². The molecule has 3 aromatic carbocycles. The number of carbonyl (C=O) groups is 2. The van der Waals surface area contributed by atoms with Crippen LogP contribution in [-0.2, 0) is 16.0 Å². The van der Waals surface area contributed by atoms with Gasteiger partial charge >= 0.3 is 0 Å². The van der Waals surface area contributed by atoms with Gasteiger partial charge in [-0.3, -0.25) is 14.5 Å². The minimum atomic E-state index is -0.961. The van der Waals surface area contributed by atoms with Gasteiger partial charge in [0.15, 0.2) is 11.5 Å². The summed E-state index contributed by atoms with van der Waals surface area (Å²) in [5.41, 5.74) is 4.69. The Balaban J connectivity index is 1.42. The van der Waals surface area contributed by atoms with Gasteiger partial charge < -0.3 is 24.5 Å². The highest BCUT2D eigenvalue weighted by Crippen LogP contribution is 2.42.